The Hall–Kier alpha value is -1.13. The highest BCUT2D eigenvalue weighted by Crippen LogP contribution is 2.34. The minimum Gasteiger partial charge on any atom is -0.481 e. The number of ether oxygens (including phenoxy) is 1. The average molecular weight is 289 g/mol. The van der Waals surface area contributed by atoms with Gasteiger partial charge in [-0.15, -0.1) is 0 Å². The second kappa shape index (κ2) is 6.32. The first-order valence-corrected chi connectivity index (χ1v) is 8.23. The van der Waals surface area contributed by atoms with E-state index in [1.165, 1.54) is 44.2 Å². The van der Waals surface area contributed by atoms with Gasteiger partial charge in [0.1, 0.15) is 0 Å². The molecule has 0 aromatic carbocycles. The van der Waals surface area contributed by atoms with Crippen molar-refractivity contribution in [3.8, 4) is 5.88 Å². The minimum absolute atomic E-state index is 0.378. The van der Waals surface area contributed by atoms with Crippen LogP contribution >= 0.6 is 0 Å². The molecule has 2 aliphatic rings. The van der Waals surface area contributed by atoms with Gasteiger partial charge in [0.2, 0.25) is 5.88 Å². The van der Waals surface area contributed by atoms with Gasteiger partial charge in [-0.3, -0.25) is 4.90 Å². The Morgan fingerprint density at radius 1 is 1.43 bits per heavy atom. The quantitative estimate of drug-likeness (QED) is 0.924. The van der Waals surface area contributed by atoms with Crippen molar-refractivity contribution in [2.75, 3.05) is 20.2 Å². The van der Waals surface area contributed by atoms with Gasteiger partial charge in [0.15, 0.2) is 0 Å². The molecular formula is C17H27N3O. The largest absolute Gasteiger partial charge is 0.481 e. The highest BCUT2D eigenvalue weighted by atomic mass is 16.5. The summed E-state index contributed by atoms with van der Waals surface area (Å²) in [5, 5.41) is 3.86. The van der Waals surface area contributed by atoms with Gasteiger partial charge in [-0.05, 0) is 30.9 Å². The molecule has 1 atom stereocenters. The first-order valence-electron chi connectivity index (χ1n) is 8.23. The van der Waals surface area contributed by atoms with Crippen LogP contribution in [0.3, 0.4) is 0 Å². The van der Waals surface area contributed by atoms with E-state index in [0.29, 0.717) is 17.5 Å². The summed E-state index contributed by atoms with van der Waals surface area (Å²) < 4.78 is 5.25. The van der Waals surface area contributed by atoms with Gasteiger partial charge in [-0.2, -0.15) is 0 Å². The molecular weight excluding hydrogens is 262 g/mol. The standard InChI is InChI=1S/C17H27N3O/c1-3-15-11-19-17(7-4-5-8-17)13-20(15)12-14-6-9-18-16(10-14)21-2/h6,9-10,15,19H,3-5,7-8,11-13H2,1-2H3. The van der Waals surface area contributed by atoms with E-state index in [2.05, 4.69) is 34.3 Å². The van der Waals surface area contributed by atoms with Crippen molar-refractivity contribution in [1.29, 1.82) is 0 Å². The zero-order valence-electron chi connectivity index (χ0n) is 13.3. The third-order valence-electron chi connectivity index (χ3n) is 5.16. The van der Waals surface area contributed by atoms with Crippen LogP contribution < -0.4 is 10.1 Å². The third-order valence-corrected chi connectivity index (χ3v) is 5.16. The van der Waals surface area contributed by atoms with Gasteiger partial charge in [0.05, 0.1) is 7.11 Å². The fourth-order valence-electron chi connectivity index (χ4n) is 3.91. The first-order chi connectivity index (χ1) is 10.2. The topological polar surface area (TPSA) is 37.4 Å². The summed E-state index contributed by atoms with van der Waals surface area (Å²) in [5.41, 5.74) is 1.68. The van der Waals surface area contributed by atoms with Gasteiger partial charge >= 0.3 is 0 Å². The fourth-order valence-corrected chi connectivity index (χ4v) is 3.91. The Bertz CT molecular complexity index is 471. The summed E-state index contributed by atoms with van der Waals surface area (Å²) in [6.07, 6.45) is 8.47. The number of rotatable bonds is 4. The number of hydrogen-bond acceptors (Lipinski definition) is 4. The van der Waals surface area contributed by atoms with Crippen LogP contribution in [0, 0.1) is 0 Å². The lowest BCUT2D eigenvalue weighted by molar-refractivity contribution is 0.0717. The van der Waals surface area contributed by atoms with E-state index in [1.54, 1.807) is 7.11 Å². The van der Waals surface area contributed by atoms with Crippen molar-refractivity contribution in [3.05, 3.63) is 23.9 Å². The highest BCUT2D eigenvalue weighted by Gasteiger charge is 2.40. The molecule has 4 nitrogen and oxygen atoms in total. The fraction of sp³-hybridized carbons (Fsp3) is 0.706. The molecule has 1 N–H and O–H groups in total. The molecule has 0 amide bonds. The summed E-state index contributed by atoms with van der Waals surface area (Å²) >= 11 is 0. The first kappa shape index (κ1) is 14.8. The van der Waals surface area contributed by atoms with E-state index in [-0.39, 0.29) is 0 Å². The highest BCUT2D eigenvalue weighted by molar-refractivity contribution is 5.20. The number of piperazine rings is 1. The second-order valence-corrected chi connectivity index (χ2v) is 6.54. The molecule has 2 fully saturated rings. The molecule has 116 valence electrons. The maximum Gasteiger partial charge on any atom is 0.213 e. The molecule has 2 heterocycles. The van der Waals surface area contributed by atoms with Gasteiger partial charge < -0.3 is 10.1 Å². The van der Waals surface area contributed by atoms with Crippen LogP contribution in [0.2, 0.25) is 0 Å². The lowest BCUT2D eigenvalue weighted by atomic mass is 9.91. The molecule has 4 heteroatoms. The lowest BCUT2D eigenvalue weighted by Gasteiger charge is -2.46. The number of methoxy groups -OCH3 is 1. The predicted octanol–water partition coefficient (Wildman–Crippen LogP) is 2.59. The molecule has 1 spiro atoms. The number of hydrogen-bond donors (Lipinski definition) is 1. The summed E-state index contributed by atoms with van der Waals surface area (Å²) in [7, 11) is 1.68. The third kappa shape index (κ3) is 3.22. The summed E-state index contributed by atoms with van der Waals surface area (Å²) in [6, 6.07) is 4.81. The summed E-state index contributed by atoms with van der Waals surface area (Å²) in [6.45, 7) is 5.59. The van der Waals surface area contributed by atoms with Crippen molar-refractivity contribution in [1.82, 2.24) is 15.2 Å². The number of nitrogens with zero attached hydrogens (tertiary/aromatic N) is 2. The molecule has 1 unspecified atom stereocenters. The van der Waals surface area contributed by atoms with E-state index in [4.69, 9.17) is 4.74 Å². The Kier molecular flexibility index (Phi) is 4.45. The summed E-state index contributed by atoms with van der Waals surface area (Å²) in [5.74, 6) is 0.714. The molecule has 1 saturated carbocycles. The number of nitrogens with one attached hydrogen (secondary N) is 1. The lowest BCUT2D eigenvalue weighted by Crippen LogP contribution is -2.62. The maximum atomic E-state index is 5.25. The minimum atomic E-state index is 0.378. The van der Waals surface area contributed by atoms with E-state index in [1.807, 2.05) is 6.20 Å². The number of pyridine rings is 1. The van der Waals surface area contributed by atoms with Crippen LogP contribution in [-0.2, 0) is 6.54 Å². The Morgan fingerprint density at radius 2 is 2.24 bits per heavy atom. The zero-order chi connectivity index (χ0) is 14.7. The van der Waals surface area contributed by atoms with Crippen molar-refractivity contribution < 1.29 is 4.74 Å². The number of aromatic nitrogens is 1. The molecule has 21 heavy (non-hydrogen) atoms. The van der Waals surface area contributed by atoms with Crippen molar-refractivity contribution >= 4 is 0 Å². The van der Waals surface area contributed by atoms with Gasteiger partial charge in [0.25, 0.3) is 0 Å². The zero-order valence-corrected chi connectivity index (χ0v) is 13.3. The van der Waals surface area contributed by atoms with Crippen LogP contribution in [0.1, 0.15) is 44.6 Å². The smallest absolute Gasteiger partial charge is 0.213 e. The van der Waals surface area contributed by atoms with E-state index < -0.39 is 0 Å². The van der Waals surface area contributed by atoms with Gasteiger partial charge in [0, 0.05) is 43.5 Å². The van der Waals surface area contributed by atoms with Crippen molar-refractivity contribution in [2.24, 2.45) is 0 Å². The molecule has 0 bridgehead atoms. The maximum absolute atomic E-state index is 5.25. The SMILES string of the molecule is CCC1CNC2(CCCC2)CN1Cc1ccnc(OC)c1. The Morgan fingerprint density at radius 3 is 2.95 bits per heavy atom. The molecule has 1 aromatic rings. The summed E-state index contributed by atoms with van der Waals surface area (Å²) in [4.78, 5) is 6.87. The molecule has 0 radical (unpaired) electrons. The molecule has 1 aliphatic heterocycles. The molecule has 1 aliphatic carbocycles. The van der Waals surface area contributed by atoms with Gasteiger partial charge in [-0.25, -0.2) is 4.98 Å². The van der Waals surface area contributed by atoms with Gasteiger partial charge in [-0.1, -0.05) is 19.8 Å². The van der Waals surface area contributed by atoms with Crippen LogP contribution in [-0.4, -0.2) is 41.7 Å². The van der Waals surface area contributed by atoms with Crippen LogP contribution in [0.4, 0.5) is 0 Å². The predicted molar refractivity (Wildman–Crippen MR) is 84.5 cm³/mol. The monoisotopic (exact) mass is 289 g/mol. The molecule has 1 aromatic heterocycles. The molecule has 1 saturated heterocycles. The molecule has 3 rings (SSSR count). The Labute approximate surface area is 127 Å². The Balaban J connectivity index is 1.73. The second-order valence-electron chi connectivity index (χ2n) is 6.54. The van der Waals surface area contributed by atoms with E-state index >= 15 is 0 Å². The average Bonchev–Trinajstić information content (AvgIpc) is 2.96. The van der Waals surface area contributed by atoms with Crippen LogP contribution in [0.25, 0.3) is 0 Å². The van der Waals surface area contributed by atoms with Crippen LogP contribution in [0.15, 0.2) is 18.3 Å². The van der Waals surface area contributed by atoms with Crippen LogP contribution in [0.5, 0.6) is 5.88 Å². The van der Waals surface area contributed by atoms with E-state index in [0.717, 1.165) is 13.1 Å². The normalized spacial score (nSPS) is 25.3. The van der Waals surface area contributed by atoms with E-state index in [9.17, 15) is 0 Å². The van der Waals surface area contributed by atoms with Crippen molar-refractivity contribution in [3.63, 3.8) is 0 Å². The van der Waals surface area contributed by atoms with Crippen molar-refractivity contribution in [2.45, 2.75) is 57.2 Å².